The monoisotopic (exact) mass is 293 g/mol. The summed E-state index contributed by atoms with van der Waals surface area (Å²) in [7, 11) is 0. The summed E-state index contributed by atoms with van der Waals surface area (Å²) in [5.74, 6) is 0. The van der Waals surface area contributed by atoms with Gasteiger partial charge in [-0.1, -0.05) is 53.1 Å². The van der Waals surface area contributed by atoms with Crippen molar-refractivity contribution in [3.05, 3.63) is 34.7 Å². The number of pyridine rings is 1. The summed E-state index contributed by atoms with van der Waals surface area (Å²) in [5.41, 5.74) is 9.42. The minimum Gasteiger partial charge on any atom is -0.322 e. The van der Waals surface area contributed by atoms with E-state index in [2.05, 4.69) is 41.5 Å². The van der Waals surface area contributed by atoms with Crippen molar-refractivity contribution in [2.24, 2.45) is 11.1 Å². The van der Waals surface area contributed by atoms with Crippen molar-refractivity contribution in [3.63, 3.8) is 0 Å². The van der Waals surface area contributed by atoms with Crippen molar-refractivity contribution in [3.8, 4) is 0 Å². The third-order valence-electron chi connectivity index (χ3n) is 3.56. The van der Waals surface area contributed by atoms with Crippen molar-refractivity contribution in [1.29, 1.82) is 0 Å². The van der Waals surface area contributed by atoms with E-state index in [0.29, 0.717) is 5.02 Å². The normalized spacial score (nSPS) is 14.8. The Labute approximate surface area is 126 Å². The van der Waals surface area contributed by atoms with Gasteiger partial charge in [0.15, 0.2) is 0 Å². The quantitative estimate of drug-likeness (QED) is 0.850. The summed E-state index contributed by atoms with van der Waals surface area (Å²) < 4.78 is 2.04. The number of aromatic nitrogens is 2. The summed E-state index contributed by atoms with van der Waals surface area (Å²) >= 11 is 6.14. The van der Waals surface area contributed by atoms with Gasteiger partial charge in [-0.3, -0.25) is 0 Å². The lowest BCUT2D eigenvalue weighted by molar-refractivity contribution is 0.315. The lowest BCUT2D eigenvalue weighted by atomic mass is 9.81. The number of halogens is 1. The second-order valence-electron chi connectivity index (χ2n) is 7.51. The molecule has 2 aromatic heterocycles. The molecule has 0 spiro atoms. The SMILES string of the molecule is CC(C)(C)c1nc2ccc(Cl)cn2c1C(N)C(C)(C)C. The molecule has 0 fully saturated rings. The van der Waals surface area contributed by atoms with E-state index in [1.54, 1.807) is 0 Å². The Morgan fingerprint density at radius 2 is 1.75 bits per heavy atom. The number of nitrogens with two attached hydrogens (primary N) is 1. The van der Waals surface area contributed by atoms with Crippen LogP contribution in [0.1, 0.15) is 59.0 Å². The largest absolute Gasteiger partial charge is 0.322 e. The molecule has 2 aromatic rings. The van der Waals surface area contributed by atoms with Gasteiger partial charge in [0, 0.05) is 11.6 Å². The number of hydrogen-bond acceptors (Lipinski definition) is 2. The Bertz CT molecular complexity index is 629. The molecule has 4 heteroatoms. The second kappa shape index (κ2) is 4.74. The van der Waals surface area contributed by atoms with Crippen LogP contribution in [-0.4, -0.2) is 9.38 Å². The van der Waals surface area contributed by atoms with Gasteiger partial charge in [0.05, 0.1) is 22.5 Å². The third kappa shape index (κ3) is 2.70. The topological polar surface area (TPSA) is 43.3 Å². The summed E-state index contributed by atoms with van der Waals surface area (Å²) in [4.78, 5) is 4.78. The molecule has 0 aliphatic carbocycles. The van der Waals surface area contributed by atoms with Gasteiger partial charge in [0.25, 0.3) is 0 Å². The van der Waals surface area contributed by atoms with Gasteiger partial charge in [-0.2, -0.15) is 0 Å². The van der Waals surface area contributed by atoms with Gasteiger partial charge in [-0.25, -0.2) is 4.98 Å². The summed E-state index contributed by atoms with van der Waals surface area (Å²) in [6, 6.07) is 3.70. The molecule has 20 heavy (non-hydrogen) atoms. The fourth-order valence-electron chi connectivity index (χ4n) is 2.30. The molecule has 0 aliphatic heterocycles. The Morgan fingerprint density at radius 1 is 1.15 bits per heavy atom. The molecule has 2 rings (SSSR count). The van der Waals surface area contributed by atoms with Crippen LogP contribution < -0.4 is 5.73 Å². The second-order valence-corrected chi connectivity index (χ2v) is 7.95. The predicted molar refractivity (Wildman–Crippen MR) is 85.3 cm³/mol. The highest BCUT2D eigenvalue weighted by Crippen LogP contribution is 2.37. The molecule has 0 saturated heterocycles. The van der Waals surface area contributed by atoms with Gasteiger partial charge >= 0.3 is 0 Å². The maximum atomic E-state index is 6.53. The van der Waals surface area contributed by atoms with Crippen LogP contribution in [0.15, 0.2) is 18.3 Å². The molecule has 0 saturated carbocycles. The van der Waals surface area contributed by atoms with E-state index in [1.807, 2.05) is 22.7 Å². The number of rotatable bonds is 1. The smallest absolute Gasteiger partial charge is 0.137 e. The predicted octanol–water partition coefficient (Wildman–Crippen LogP) is 4.33. The molecule has 0 aliphatic rings. The average Bonchev–Trinajstić information content (AvgIpc) is 2.64. The van der Waals surface area contributed by atoms with Crippen LogP contribution in [0.25, 0.3) is 5.65 Å². The van der Waals surface area contributed by atoms with Crippen LogP contribution in [0, 0.1) is 5.41 Å². The Balaban J connectivity index is 2.80. The standard InChI is InChI=1S/C16H24ClN3/c1-15(2,3)13(18)12-14(16(4,5)6)19-11-8-7-10(17)9-20(11)12/h7-9,13H,18H2,1-6H3. The van der Waals surface area contributed by atoms with Gasteiger partial charge in [-0.15, -0.1) is 0 Å². The first-order chi connectivity index (χ1) is 9.01. The minimum absolute atomic E-state index is 0.0434. The number of imidazole rings is 1. The molecule has 0 amide bonds. The van der Waals surface area contributed by atoms with Gasteiger partial charge < -0.3 is 10.1 Å². The maximum Gasteiger partial charge on any atom is 0.137 e. The van der Waals surface area contributed by atoms with Crippen LogP contribution in [0.5, 0.6) is 0 Å². The first-order valence-electron chi connectivity index (χ1n) is 6.95. The molecule has 2 heterocycles. The minimum atomic E-state index is -0.106. The summed E-state index contributed by atoms with van der Waals surface area (Å²) in [6.45, 7) is 12.9. The zero-order valence-corrected chi connectivity index (χ0v) is 13.9. The van der Waals surface area contributed by atoms with Gasteiger partial charge in [0.1, 0.15) is 5.65 Å². The fraction of sp³-hybridized carbons (Fsp3) is 0.562. The molecular formula is C16H24ClN3. The van der Waals surface area contributed by atoms with Crippen LogP contribution in [-0.2, 0) is 5.41 Å². The van der Waals surface area contributed by atoms with Crippen molar-refractivity contribution in [2.45, 2.75) is 53.0 Å². The zero-order chi connectivity index (χ0) is 15.3. The van der Waals surface area contributed by atoms with Gasteiger partial charge in [-0.05, 0) is 17.5 Å². The third-order valence-corrected chi connectivity index (χ3v) is 3.78. The van der Waals surface area contributed by atoms with E-state index >= 15 is 0 Å². The highest BCUT2D eigenvalue weighted by atomic mass is 35.5. The van der Waals surface area contributed by atoms with Crippen molar-refractivity contribution in [1.82, 2.24) is 9.38 Å². The fourth-order valence-corrected chi connectivity index (χ4v) is 2.46. The van der Waals surface area contributed by atoms with Crippen molar-refractivity contribution < 1.29 is 0 Å². The molecule has 0 bridgehead atoms. The van der Waals surface area contributed by atoms with E-state index in [-0.39, 0.29) is 16.9 Å². The summed E-state index contributed by atoms with van der Waals surface area (Å²) in [5, 5.41) is 0.692. The molecule has 110 valence electrons. The van der Waals surface area contributed by atoms with Crippen LogP contribution in [0.4, 0.5) is 0 Å². The van der Waals surface area contributed by atoms with E-state index in [9.17, 15) is 0 Å². The highest BCUT2D eigenvalue weighted by Gasteiger charge is 2.32. The number of nitrogens with zero attached hydrogens (tertiary/aromatic N) is 2. The molecule has 1 atom stereocenters. The summed E-state index contributed by atoms with van der Waals surface area (Å²) in [6.07, 6.45) is 1.90. The van der Waals surface area contributed by atoms with Gasteiger partial charge in [0.2, 0.25) is 0 Å². The average molecular weight is 294 g/mol. The molecule has 1 unspecified atom stereocenters. The van der Waals surface area contributed by atoms with Crippen LogP contribution >= 0.6 is 11.6 Å². The molecular weight excluding hydrogens is 270 g/mol. The lowest BCUT2D eigenvalue weighted by Gasteiger charge is -2.30. The van der Waals surface area contributed by atoms with E-state index in [0.717, 1.165) is 17.0 Å². The van der Waals surface area contributed by atoms with E-state index < -0.39 is 0 Å². The number of fused-ring (bicyclic) bond motifs is 1. The molecule has 0 radical (unpaired) electrons. The maximum absolute atomic E-state index is 6.53. The zero-order valence-electron chi connectivity index (χ0n) is 13.2. The Morgan fingerprint density at radius 3 is 2.25 bits per heavy atom. The molecule has 3 nitrogen and oxygen atoms in total. The van der Waals surface area contributed by atoms with Crippen molar-refractivity contribution in [2.75, 3.05) is 0 Å². The first kappa shape index (κ1) is 15.3. The Hall–Kier alpha value is -1.06. The van der Waals surface area contributed by atoms with Crippen molar-refractivity contribution >= 4 is 17.2 Å². The van der Waals surface area contributed by atoms with E-state index in [1.165, 1.54) is 0 Å². The highest BCUT2D eigenvalue weighted by molar-refractivity contribution is 6.30. The first-order valence-corrected chi connectivity index (χ1v) is 7.33. The number of hydrogen-bond donors (Lipinski definition) is 1. The molecule has 2 N–H and O–H groups in total. The van der Waals surface area contributed by atoms with E-state index in [4.69, 9.17) is 22.3 Å². The Kier molecular flexibility index (Phi) is 3.64. The molecule has 0 aromatic carbocycles. The van der Waals surface area contributed by atoms with Crippen LogP contribution in [0.2, 0.25) is 5.02 Å². The lowest BCUT2D eigenvalue weighted by Crippen LogP contribution is -2.30. The van der Waals surface area contributed by atoms with Crippen LogP contribution in [0.3, 0.4) is 0 Å².